The molecule has 0 fully saturated rings. The van der Waals surface area contributed by atoms with Gasteiger partial charge in [-0.25, -0.2) is 0 Å². The molecule has 8 aromatic carbocycles. The summed E-state index contributed by atoms with van der Waals surface area (Å²) in [6.07, 6.45) is 0. The quantitative estimate of drug-likeness (QED) is 0.164. The van der Waals surface area contributed by atoms with E-state index in [9.17, 15) is 0 Å². The molecule has 1 aliphatic rings. The molecule has 0 spiro atoms. The molecule has 52 heavy (non-hydrogen) atoms. The molecule has 8 aromatic rings. The highest BCUT2D eigenvalue weighted by atomic mass is 15.1. The molecule has 0 heterocycles. The van der Waals surface area contributed by atoms with E-state index >= 15 is 0 Å². The zero-order valence-corrected chi connectivity index (χ0v) is 29.5. The lowest BCUT2D eigenvalue weighted by Crippen LogP contribution is -2.15. The van der Waals surface area contributed by atoms with Crippen LogP contribution in [0.15, 0.2) is 200 Å². The van der Waals surface area contributed by atoms with Gasteiger partial charge in [0.05, 0.1) is 5.69 Å². The SMILES string of the molecule is CC1(C)c2ccccc2-c2cc(N(c3ccc(-c4ccccc4)cc3)c3cccc(-c4ccccc4)c3-c3ccccc3-c3ccccc3)ccc21. The second-order valence-corrected chi connectivity index (χ2v) is 14.1. The van der Waals surface area contributed by atoms with Crippen LogP contribution in [0.1, 0.15) is 25.0 Å². The Balaban J connectivity index is 1.32. The van der Waals surface area contributed by atoms with Gasteiger partial charge in [0.15, 0.2) is 0 Å². The van der Waals surface area contributed by atoms with Crippen molar-refractivity contribution < 1.29 is 0 Å². The highest BCUT2D eigenvalue weighted by Crippen LogP contribution is 2.52. The fraction of sp³-hybridized carbons (Fsp3) is 0.0588. The molecule has 0 saturated heterocycles. The van der Waals surface area contributed by atoms with Gasteiger partial charge in [-0.15, -0.1) is 0 Å². The molecule has 0 unspecified atom stereocenters. The first-order valence-corrected chi connectivity index (χ1v) is 18.1. The van der Waals surface area contributed by atoms with Crippen molar-refractivity contribution in [2.75, 3.05) is 4.90 Å². The first-order chi connectivity index (χ1) is 25.6. The van der Waals surface area contributed by atoms with E-state index in [-0.39, 0.29) is 5.41 Å². The van der Waals surface area contributed by atoms with Crippen molar-refractivity contribution in [3.8, 4) is 55.6 Å². The van der Waals surface area contributed by atoms with E-state index in [1.807, 2.05) is 0 Å². The van der Waals surface area contributed by atoms with Gasteiger partial charge in [0.2, 0.25) is 0 Å². The topological polar surface area (TPSA) is 3.24 Å². The second-order valence-electron chi connectivity index (χ2n) is 14.1. The summed E-state index contributed by atoms with van der Waals surface area (Å²) in [5, 5.41) is 0. The summed E-state index contributed by atoms with van der Waals surface area (Å²) in [6, 6.07) is 72.9. The second kappa shape index (κ2) is 13.0. The summed E-state index contributed by atoms with van der Waals surface area (Å²) < 4.78 is 0. The Kier molecular flexibility index (Phi) is 7.90. The van der Waals surface area contributed by atoms with Gasteiger partial charge in [0, 0.05) is 22.4 Å². The maximum atomic E-state index is 2.46. The molecular weight excluding hydrogens is 627 g/mol. The number of rotatable bonds is 7. The Bertz CT molecular complexity index is 2510. The standard InChI is InChI=1S/C51H39N/c1-51(2)47-27-15-14-24-44(47)46-35-41(33-34-48(46)51)52(40-31-29-37(30-32-40)36-17-6-3-7-18-36)49-28-16-26-43(39-21-10-5-11-22-39)50(49)45-25-13-12-23-42(45)38-19-8-4-9-20-38/h3-35H,1-2H3. The third-order valence-electron chi connectivity index (χ3n) is 10.7. The van der Waals surface area contributed by atoms with Crippen LogP contribution < -0.4 is 4.90 Å². The van der Waals surface area contributed by atoms with Crippen LogP contribution in [0.5, 0.6) is 0 Å². The van der Waals surface area contributed by atoms with Gasteiger partial charge in [-0.2, -0.15) is 0 Å². The number of hydrogen-bond acceptors (Lipinski definition) is 1. The molecule has 1 heteroatoms. The average Bonchev–Trinajstić information content (AvgIpc) is 3.44. The molecule has 0 radical (unpaired) electrons. The molecule has 0 N–H and O–H groups in total. The molecule has 0 aliphatic heterocycles. The Labute approximate surface area is 307 Å². The Morgan fingerprint density at radius 1 is 0.327 bits per heavy atom. The van der Waals surface area contributed by atoms with E-state index in [4.69, 9.17) is 0 Å². The van der Waals surface area contributed by atoms with Crippen LogP contribution in [-0.4, -0.2) is 0 Å². The van der Waals surface area contributed by atoms with E-state index in [1.54, 1.807) is 0 Å². The van der Waals surface area contributed by atoms with Gasteiger partial charge in [0.1, 0.15) is 0 Å². The summed E-state index contributed by atoms with van der Waals surface area (Å²) in [7, 11) is 0. The van der Waals surface area contributed by atoms with Gasteiger partial charge in [-0.05, 0) is 91.5 Å². The van der Waals surface area contributed by atoms with Crippen molar-refractivity contribution in [2.45, 2.75) is 19.3 Å². The van der Waals surface area contributed by atoms with Crippen LogP contribution >= 0.6 is 0 Å². The Morgan fingerprint density at radius 3 is 1.48 bits per heavy atom. The number of benzene rings is 8. The van der Waals surface area contributed by atoms with Gasteiger partial charge in [-0.3, -0.25) is 0 Å². The van der Waals surface area contributed by atoms with Gasteiger partial charge in [0.25, 0.3) is 0 Å². The van der Waals surface area contributed by atoms with Crippen molar-refractivity contribution in [1.82, 2.24) is 0 Å². The van der Waals surface area contributed by atoms with Crippen LogP contribution in [0.3, 0.4) is 0 Å². The predicted molar refractivity (Wildman–Crippen MR) is 220 cm³/mol. The maximum Gasteiger partial charge on any atom is 0.0546 e. The summed E-state index contributed by atoms with van der Waals surface area (Å²) >= 11 is 0. The van der Waals surface area contributed by atoms with Crippen molar-refractivity contribution in [1.29, 1.82) is 0 Å². The minimum Gasteiger partial charge on any atom is -0.310 e. The third kappa shape index (κ3) is 5.43. The van der Waals surface area contributed by atoms with Gasteiger partial charge < -0.3 is 4.90 Å². The van der Waals surface area contributed by atoms with Gasteiger partial charge >= 0.3 is 0 Å². The molecule has 9 rings (SSSR count). The van der Waals surface area contributed by atoms with Crippen LogP contribution in [0.25, 0.3) is 55.6 Å². The molecule has 1 nitrogen and oxygen atoms in total. The van der Waals surface area contributed by atoms with Crippen molar-refractivity contribution in [3.05, 3.63) is 211 Å². The monoisotopic (exact) mass is 665 g/mol. The fourth-order valence-electron chi connectivity index (χ4n) is 8.15. The average molecular weight is 666 g/mol. The first-order valence-electron chi connectivity index (χ1n) is 18.1. The van der Waals surface area contributed by atoms with Crippen molar-refractivity contribution in [3.63, 3.8) is 0 Å². The highest BCUT2D eigenvalue weighted by molar-refractivity contribution is 6.01. The van der Waals surface area contributed by atoms with E-state index < -0.39 is 0 Å². The lowest BCUT2D eigenvalue weighted by atomic mass is 9.82. The Hall–Kier alpha value is -6.44. The normalized spacial score (nSPS) is 12.6. The number of anilines is 3. The molecule has 1 aliphatic carbocycles. The molecule has 0 saturated carbocycles. The summed E-state index contributed by atoms with van der Waals surface area (Å²) in [4.78, 5) is 2.46. The summed E-state index contributed by atoms with van der Waals surface area (Å²) in [5.41, 5.74) is 18.2. The smallest absolute Gasteiger partial charge is 0.0546 e. The minimum atomic E-state index is -0.0698. The lowest BCUT2D eigenvalue weighted by Gasteiger charge is -2.31. The van der Waals surface area contributed by atoms with Crippen LogP contribution in [0.2, 0.25) is 0 Å². The third-order valence-corrected chi connectivity index (χ3v) is 10.7. The number of fused-ring (bicyclic) bond motifs is 3. The van der Waals surface area contributed by atoms with Crippen LogP contribution in [-0.2, 0) is 5.41 Å². The van der Waals surface area contributed by atoms with Gasteiger partial charge in [-0.1, -0.05) is 184 Å². The molecule has 0 atom stereocenters. The number of nitrogens with zero attached hydrogens (tertiary/aromatic N) is 1. The Morgan fingerprint density at radius 2 is 0.808 bits per heavy atom. The maximum absolute atomic E-state index is 2.46. The van der Waals surface area contributed by atoms with Crippen LogP contribution in [0, 0.1) is 0 Å². The molecule has 0 amide bonds. The molecule has 0 aromatic heterocycles. The highest BCUT2D eigenvalue weighted by Gasteiger charge is 2.35. The van der Waals surface area contributed by atoms with Crippen molar-refractivity contribution >= 4 is 17.1 Å². The predicted octanol–water partition coefficient (Wildman–Crippen LogP) is 14.1. The minimum absolute atomic E-state index is 0.0698. The van der Waals surface area contributed by atoms with E-state index in [0.29, 0.717) is 0 Å². The van der Waals surface area contributed by atoms with E-state index in [2.05, 4.69) is 219 Å². The molecular formula is C51H39N. The fourth-order valence-corrected chi connectivity index (χ4v) is 8.15. The number of hydrogen-bond donors (Lipinski definition) is 0. The first kappa shape index (κ1) is 31.5. The zero-order chi connectivity index (χ0) is 35.1. The molecule has 248 valence electrons. The van der Waals surface area contributed by atoms with Crippen LogP contribution in [0.4, 0.5) is 17.1 Å². The lowest BCUT2D eigenvalue weighted by molar-refractivity contribution is 0.660. The van der Waals surface area contributed by atoms with Crippen molar-refractivity contribution in [2.24, 2.45) is 0 Å². The molecule has 0 bridgehead atoms. The largest absolute Gasteiger partial charge is 0.310 e. The zero-order valence-electron chi connectivity index (χ0n) is 29.5. The van der Waals surface area contributed by atoms with E-state index in [1.165, 1.54) is 66.8 Å². The van der Waals surface area contributed by atoms with E-state index in [0.717, 1.165) is 17.1 Å². The summed E-state index contributed by atoms with van der Waals surface area (Å²) in [6.45, 7) is 4.69. The summed E-state index contributed by atoms with van der Waals surface area (Å²) in [5.74, 6) is 0.